The molecule has 144 heavy (non-hydrogen) atoms. The van der Waals surface area contributed by atoms with Crippen molar-refractivity contribution in [2.75, 3.05) is 0 Å². The van der Waals surface area contributed by atoms with Gasteiger partial charge in [-0.3, -0.25) is 0 Å². The van der Waals surface area contributed by atoms with Gasteiger partial charge in [-0.1, -0.05) is 386 Å². The van der Waals surface area contributed by atoms with Crippen molar-refractivity contribution in [2.45, 2.75) is 49.4 Å². The van der Waals surface area contributed by atoms with Gasteiger partial charge in [0.05, 0.1) is 32.9 Å². The van der Waals surface area contributed by atoms with Gasteiger partial charge in [0.15, 0.2) is 34.9 Å². The Morgan fingerprint density at radius 1 is 0.188 bits per heavy atom. The van der Waals surface area contributed by atoms with Crippen molar-refractivity contribution >= 4 is 43.6 Å². The number of ether oxygens (including phenoxy) is 2. The Morgan fingerprint density at radius 3 is 1.12 bits per heavy atom. The van der Waals surface area contributed by atoms with Gasteiger partial charge in [0.2, 0.25) is 0 Å². The number of benzene rings is 20. The Hall–Kier alpha value is -18.4. The second-order valence-corrected chi connectivity index (χ2v) is 40.1. The number of rotatable bonds is 11. The van der Waals surface area contributed by atoms with Crippen LogP contribution in [0.2, 0.25) is 0 Å². The highest BCUT2D eigenvalue weighted by Crippen LogP contribution is 2.68. The maximum Gasteiger partial charge on any atom is 0.164 e. The highest BCUT2D eigenvalue weighted by atomic mass is 16.5. The smallest absolute Gasteiger partial charge is 0.164 e. The molecular weight excluding hydrogens is 1750 g/mol. The van der Waals surface area contributed by atoms with Crippen LogP contribution in [0.1, 0.15) is 94.5 Å². The van der Waals surface area contributed by atoms with Gasteiger partial charge in [0.1, 0.15) is 23.0 Å². The Balaban J connectivity index is 0.569. The van der Waals surface area contributed by atoms with Crippen LogP contribution in [-0.4, -0.2) is 39.0 Å². The summed E-state index contributed by atoms with van der Waals surface area (Å²) in [6.45, 7) is 9.61. The summed E-state index contributed by atoms with van der Waals surface area (Å²) in [7, 11) is 0. The Morgan fingerprint density at radius 2 is 0.556 bits per heavy atom. The molecule has 0 N–H and O–H groups in total. The van der Waals surface area contributed by atoms with E-state index in [1.54, 1.807) is 0 Å². The average Bonchev–Trinajstić information content (AvgIpc) is 1.50. The van der Waals surface area contributed by atoms with Crippen LogP contribution < -0.4 is 9.47 Å². The lowest BCUT2D eigenvalue weighted by atomic mass is 9.66. The van der Waals surface area contributed by atoms with Crippen molar-refractivity contribution in [1.82, 2.24) is 39.0 Å². The molecule has 4 aliphatic carbocycles. The van der Waals surface area contributed by atoms with Crippen LogP contribution in [0.4, 0.5) is 0 Å². The highest BCUT2D eigenvalue weighted by Gasteiger charge is 2.55. The van der Waals surface area contributed by atoms with Gasteiger partial charge in [0, 0.05) is 111 Å². The van der Waals surface area contributed by atoms with Crippen LogP contribution in [-0.2, 0) is 21.7 Å². The Kier molecular flexibility index (Phi) is 17.3. The first-order valence-electron chi connectivity index (χ1n) is 49.6. The van der Waals surface area contributed by atoms with Crippen LogP contribution in [0.5, 0.6) is 23.0 Å². The third-order valence-corrected chi connectivity index (χ3v) is 32.0. The Labute approximate surface area is 832 Å². The molecule has 0 saturated carbocycles. The summed E-state index contributed by atoms with van der Waals surface area (Å²) in [4.78, 5) is 33.1. The zero-order valence-corrected chi connectivity index (χ0v) is 79.1. The summed E-state index contributed by atoms with van der Waals surface area (Å²) in [6.07, 6.45) is 0. The van der Waals surface area contributed by atoms with E-state index >= 15 is 0 Å². The van der Waals surface area contributed by atoms with Crippen molar-refractivity contribution in [1.29, 1.82) is 0 Å². The van der Waals surface area contributed by atoms with Crippen molar-refractivity contribution in [3.05, 3.63) is 516 Å². The van der Waals surface area contributed by atoms with E-state index in [0.717, 1.165) is 184 Å². The fourth-order valence-corrected chi connectivity index (χ4v) is 25.7. The normalized spacial score (nSPS) is 14.2. The van der Waals surface area contributed by atoms with E-state index in [0.29, 0.717) is 34.9 Å². The van der Waals surface area contributed by atoms with E-state index in [4.69, 9.17) is 39.4 Å². The molecule has 10 nitrogen and oxygen atoms in total. The topological polar surface area (TPSA) is 106 Å². The molecule has 24 aromatic rings. The quantitative estimate of drug-likeness (QED) is 0.126. The highest BCUT2D eigenvalue weighted by molar-refractivity contribution is 6.22. The maximum atomic E-state index is 6.98. The third-order valence-electron chi connectivity index (χ3n) is 32.0. The maximum absolute atomic E-state index is 6.98. The number of fused-ring (bicyclic) bond motifs is 32. The van der Waals surface area contributed by atoms with Gasteiger partial charge < -0.3 is 18.6 Å². The molecule has 2 spiro atoms. The minimum atomic E-state index is -0.809. The van der Waals surface area contributed by atoms with Gasteiger partial charge in [-0.05, 0) is 202 Å². The van der Waals surface area contributed by atoms with Crippen LogP contribution in [0, 0.1) is 0 Å². The lowest BCUT2D eigenvalue weighted by Gasteiger charge is -2.39. The molecule has 4 aromatic heterocycles. The van der Waals surface area contributed by atoms with E-state index in [1.165, 1.54) is 71.7 Å². The minimum Gasteiger partial charge on any atom is -0.457 e. The number of hydrogen-bond donors (Lipinski definition) is 0. The molecular formula is C134H86N8O2. The summed E-state index contributed by atoms with van der Waals surface area (Å²) in [5.41, 5.74) is 39.8. The molecule has 0 unspecified atom stereocenters. The van der Waals surface area contributed by atoms with E-state index in [1.807, 2.05) is 42.5 Å². The largest absolute Gasteiger partial charge is 0.457 e. The summed E-state index contributed by atoms with van der Waals surface area (Å²) in [6, 6.07) is 164. The van der Waals surface area contributed by atoms with Crippen LogP contribution in [0.25, 0.3) is 201 Å². The fraction of sp³-hybridized carbons (Fsp3) is 0.0597. The van der Waals surface area contributed by atoms with Gasteiger partial charge in [-0.15, -0.1) is 0 Å². The first-order valence-corrected chi connectivity index (χ1v) is 49.6. The third kappa shape index (κ3) is 11.5. The first kappa shape index (κ1) is 81.6. The molecule has 0 amide bonds. The van der Waals surface area contributed by atoms with Crippen LogP contribution in [0.3, 0.4) is 0 Å². The van der Waals surface area contributed by atoms with E-state index in [2.05, 4.69) is 443 Å². The van der Waals surface area contributed by atoms with Crippen molar-refractivity contribution in [3.8, 4) is 181 Å². The molecule has 0 saturated heterocycles. The zero-order valence-electron chi connectivity index (χ0n) is 79.1. The van der Waals surface area contributed by atoms with Gasteiger partial charge in [-0.25, -0.2) is 29.9 Å². The van der Waals surface area contributed by atoms with Gasteiger partial charge in [-0.2, -0.15) is 0 Å². The van der Waals surface area contributed by atoms with E-state index in [9.17, 15) is 0 Å². The molecule has 10 heteroatoms. The standard InChI is InChI=1S/C134H86N8O2/c1-131(2)100-49-20-17-45-92(100)122-111(131)78-97(86-66-72-102-99(76-86)119-96(129-137-125(80-34-9-5-10-35-80)135-126(138-129)81-36-11-6-12-37-81)48-33-55-109(119)134(102)105-52-23-29-60-116(105)144-117-61-30-24-53-106(117)134)120-94-46-19-26-57-113(94)142(124(120)122)89-67-62-79(63-68-89)83-40-31-41-87(74-83)128-136-127(82-38-13-7-14-39-82)139-130(140-128)95-47-32-54-108-118(95)98-75-84(65-71-101(98)133(108)103-50-21-27-58-114(103)143-115-59-28-22-51-104(115)133)85-64-69-93-110(77-85)132(3,4)107-73-70-91-90-44-18-25-56-112(90)141(123(91)121(93)107)88-42-15-8-16-43-88/h5-78H,1-4H3. The van der Waals surface area contributed by atoms with Crippen LogP contribution >= 0.6 is 0 Å². The molecule has 6 heterocycles. The van der Waals surface area contributed by atoms with Gasteiger partial charge >= 0.3 is 0 Å². The Bertz CT molecular complexity index is 9500. The SMILES string of the molecule is CC1(C)c2cc(-c3ccc4c(c3)-c3c(-c5nc(-c6ccccc6)nc(-c6cccc(-c7ccc(-n8c9ccccc9c9c(-c%10ccc%11c(c%10)-c%10c(-c%12nc(-c%13ccccc%13)nc(-c%13ccccc%13)n%12)cccc%10C%11%10c%11ccccc%11Oc%11ccccc%11%10)cc%10c(c98)-c8ccccc8C%10(C)C)cc7)c6)n5)cccc3C43c4ccccc4Oc4ccccc43)ccc2-c2c1ccc1c3ccccc3n(-c3ccccc3)c21. The predicted octanol–water partition coefficient (Wildman–Crippen LogP) is 32.8. The number of nitrogens with zero attached hydrogens (tertiary/aromatic N) is 8. The lowest BCUT2D eigenvalue weighted by molar-refractivity contribution is 0.436. The molecule has 0 fully saturated rings. The number of hydrogen-bond acceptors (Lipinski definition) is 8. The molecule has 0 bridgehead atoms. The average molecular weight is 1840 g/mol. The van der Waals surface area contributed by atoms with Crippen molar-refractivity contribution in [2.24, 2.45) is 0 Å². The molecule has 674 valence electrons. The summed E-state index contributed by atoms with van der Waals surface area (Å²) in [5.74, 6) is 6.76. The van der Waals surface area contributed by atoms with Crippen LogP contribution in [0.15, 0.2) is 449 Å². The molecule has 20 aromatic carbocycles. The molecule has 0 atom stereocenters. The second kappa shape index (κ2) is 30.6. The van der Waals surface area contributed by atoms with Gasteiger partial charge in [0.25, 0.3) is 0 Å². The van der Waals surface area contributed by atoms with E-state index < -0.39 is 16.2 Å². The molecule has 0 radical (unpaired) electrons. The predicted molar refractivity (Wildman–Crippen MR) is 581 cm³/mol. The number of para-hydroxylation sites is 7. The summed E-state index contributed by atoms with van der Waals surface area (Å²) < 4.78 is 19.0. The zero-order chi connectivity index (χ0) is 95.2. The van der Waals surface area contributed by atoms with Crippen molar-refractivity contribution < 1.29 is 9.47 Å². The lowest BCUT2D eigenvalue weighted by Crippen LogP contribution is -2.32. The van der Waals surface area contributed by atoms with Crippen molar-refractivity contribution in [3.63, 3.8) is 0 Å². The molecule has 2 aliphatic heterocycles. The monoisotopic (exact) mass is 1840 g/mol. The molecule has 30 rings (SSSR count). The minimum absolute atomic E-state index is 0.325. The second-order valence-electron chi connectivity index (χ2n) is 40.1. The fourth-order valence-electron chi connectivity index (χ4n) is 25.7. The van der Waals surface area contributed by atoms with E-state index in [-0.39, 0.29) is 5.41 Å². The number of aromatic nitrogens is 8. The summed E-state index contributed by atoms with van der Waals surface area (Å²) >= 11 is 0. The summed E-state index contributed by atoms with van der Waals surface area (Å²) in [5, 5.41) is 4.82. The first-order chi connectivity index (χ1) is 70.9. The molecule has 6 aliphatic rings.